The number of amides is 1. The molecule has 0 unspecified atom stereocenters. The van der Waals surface area contributed by atoms with E-state index in [4.69, 9.17) is 17.3 Å². The molecule has 2 aromatic rings. The Morgan fingerprint density at radius 3 is 2.42 bits per heavy atom. The fourth-order valence-electron chi connectivity index (χ4n) is 2.07. The van der Waals surface area contributed by atoms with Gasteiger partial charge in [0, 0.05) is 18.0 Å². The van der Waals surface area contributed by atoms with Crippen LogP contribution in [-0.2, 0) is 18.0 Å². The molecule has 0 saturated carbocycles. The molecule has 2 rings (SSSR count). The van der Waals surface area contributed by atoms with Gasteiger partial charge >= 0.3 is 11.9 Å². The zero-order valence-electron chi connectivity index (χ0n) is 12.9. The molecule has 26 heavy (non-hydrogen) atoms. The molecule has 1 aromatic carbocycles. The zero-order chi connectivity index (χ0) is 19.8. The lowest BCUT2D eigenvalue weighted by molar-refractivity contribution is -0.144. The number of carbonyl (C=O) groups excluding carboxylic acids is 1. The Hall–Kier alpha value is -2.27. The summed E-state index contributed by atoms with van der Waals surface area (Å²) < 4.78 is 53.3. The summed E-state index contributed by atoms with van der Waals surface area (Å²) in [6, 6.07) is 1.96. The lowest BCUT2D eigenvalue weighted by atomic mass is 10.3. The van der Waals surface area contributed by atoms with E-state index in [1.54, 1.807) is 0 Å². The molecule has 0 aliphatic heterocycles. The van der Waals surface area contributed by atoms with Gasteiger partial charge in [0.1, 0.15) is 11.5 Å². The minimum atomic E-state index is -4.94. The summed E-state index contributed by atoms with van der Waals surface area (Å²) in [6.07, 6.45) is -4.94. The van der Waals surface area contributed by atoms with E-state index in [1.807, 2.05) is 0 Å². The van der Waals surface area contributed by atoms with E-state index in [9.17, 15) is 31.9 Å². The summed E-state index contributed by atoms with van der Waals surface area (Å²) in [5.74, 6) is -2.01. The highest BCUT2D eigenvalue weighted by Gasteiger charge is 2.35. The van der Waals surface area contributed by atoms with Crippen LogP contribution in [0.25, 0.3) is 5.69 Å². The second-order valence-corrected chi connectivity index (χ2v) is 6.46. The molecule has 0 aliphatic rings. The van der Waals surface area contributed by atoms with E-state index in [2.05, 4.69) is 0 Å². The molecule has 2 N–H and O–H groups in total. The second kappa shape index (κ2) is 7.16. The highest BCUT2D eigenvalue weighted by Crippen LogP contribution is 2.31. The smallest absolute Gasteiger partial charge is 0.369 e. The number of benzene rings is 1. The normalized spacial score (nSPS) is 11.6. The van der Waals surface area contributed by atoms with Crippen molar-refractivity contribution in [2.45, 2.75) is 11.1 Å². The molecule has 0 atom stereocenters. The van der Waals surface area contributed by atoms with Crippen LogP contribution in [0.3, 0.4) is 0 Å². The van der Waals surface area contributed by atoms with Crippen molar-refractivity contribution in [3.63, 3.8) is 0 Å². The molecule has 1 aromatic heterocycles. The van der Waals surface area contributed by atoms with Gasteiger partial charge in [-0.15, -0.1) is 11.8 Å². The maximum atomic E-state index is 14.2. The van der Waals surface area contributed by atoms with Crippen LogP contribution >= 0.6 is 23.4 Å². The Bertz CT molecular complexity index is 1000. The quantitative estimate of drug-likeness (QED) is 0.615. The highest BCUT2D eigenvalue weighted by molar-refractivity contribution is 8.00. The van der Waals surface area contributed by atoms with Crippen LogP contribution in [0.1, 0.15) is 5.69 Å². The maximum Gasteiger partial charge on any atom is 0.431 e. The lowest BCUT2D eigenvalue weighted by Crippen LogP contribution is -2.41. The van der Waals surface area contributed by atoms with Gasteiger partial charge in [-0.2, -0.15) is 13.2 Å². The van der Waals surface area contributed by atoms with Crippen LogP contribution in [-0.4, -0.2) is 20.8 Å². The Balaban J connectivity index is 2.71. The van der Waals surface area contributed by atoms with Gasteiger partial charge in [0.25, 0.3) is 5.56 Å². The third kappa shape index (κ3) is 3.93. The number of aromatic nitrogens is 2. The fraction of sp³-hybridized carbons (Fsp3) is 0.214. The zero-order valence-corrected chi connectivity index (χ0v) is 14.5. The average Bonchev–Trinajstić information content (AvgIpc) is 2.50. The number of thioether (sulfide) groups is 1. The van der Waals surface area contributed by atoms with Gasteiger partial charge in [-0.3, -0.25) is 14.2 Å². The first-order chi connectivity index (χ1) is 11.9. The van der Waals surface area contributed by atoms with E-state index >= 15 is 0 Å². The van der Waals surface area contributed by atoms with E-state index in [0.29, 0.717) is 0 Å². The Kier molecular flexibility index (Phi) is 5.52. The maximum absolute atomic E-state index is 14.2. The molecule has 0 radical (unpaired) electrons. The first-order valence-corrected chi connectivity index (χ1v) is 8.10. The Morgan fingerprint density at radius 1 is 1.27 bits per heavy atom. The van der Waals surface area contributed by atoms with Crippen molar-refractivity contribution < 1.29 is 22.4 Å². The van der Waals surface area contributed by atoms with Gasteiger partial charge in [-0.05, 0) is 12.1 Å². The van der Waals surface area contributed by atoms with Crippen molar-refractivity contribution >= 4 is 29.3 Å². The van der Waals surface area contributed by atoms with E-state index in [1.165, 1.54) is 0 Å². The monoisotopic (exact) mass is 411 g/mol. The number of primary amides is 1. The minimum absolute atomic E-state index is 0.116. The van der Waals surface area contributed by atoms with Crippen LogP contribution in [0.5, 0.6) is 0 Å². The van der Waals surface area contributed by atoms with Crippen molar-refractivity contribution in [2.24, 2.45) is 12.8 Å². The fourth-order valence-corrected chi connectivity index (χ4v) is 3.07. The molecular weight excluding hydrogens is 402 g/mol. The van der Waals surface area contributed by atoms with Crippen LogP contribution in [0.4, 0.5) is 17.6 Å². The first-order valence-electron chi connectivity index (χ1n) is 6.74. The summed E-state index contributed by atoms with van der Waals surface area (Å²) in [5.41, 5.74) is 0.176. The Labute approximate surface area is 152 Å². The number of hydrogen-bond acceptors (Lipinski definition) is 4. The van der Waals surface area contributed by atoms with Crippen LogP contribution < -0.4 is 17.0 Å². The molecule has 12 heteroatoms. The summed E-state index contributed by atoms with van der Waals surface area (Å²) in [4.78, 5) is 35.2. The van der Waals surface area contributed by atoms with Gasteiger partial charge in [0.05, 0.1) is 16.5 Å². The third-order valence-electron chi connectivity index (χ3n) is 3.22. The summed E-state index contributed by atoms with van der Waals surface area (Å²) in [6.45, 7) is 0. The molecule has 0 saturated heterocycles. The first kappa shape index (κ1) is 20.0. The summed E-state index contributed by atoms with van der Waals surface area (Å²) in [7, 11) is 0.803. The van der Waals surface area contributed by atoms with Crippen molar-refractivity contribution in [1.82, 2.24) is 9.13 Å². The number of carbonyl (C=O) groups is 1. The summed E-state index contributed by atoms with van der Waals surface area (Å²) in [5, 5.41) is -0.116. The van der Waals surface area contributed by atoms with Gasteiger partial charge in [-0.1, -0.05) is 11.6 Å². The predicted octanol–water partition coefficient (Wildman–Crippen LogP) is 1.92. The van der Waals surface area contributed by atoms with Crippen molar-refractivity contribution in [2.75, 3.05) is 5.75 Å². The minimum Gasteiger partial charge on any atom is -0.369 e. The number of rotatable bonds is 4. The predicted molar refractivity (Wildman–Crippen MR) is 87.2 cm³/mol. The Morgan fingerprint density at radius 2 is 1.88 bits per heavy atom. The lowest BCUT2D eigenvalue weighted by Gasteiger charge is -2.15. The number of nitrogens with two attached hydrogens (primary N) is 1. The van der Waals surface area contributed by atoms with E-state index in [0.717, 1.165) is 30.9 Å². The van der Waals surface area contributed by atoms with Crippen LogP contribution in [0, 0.1) is 5.82 Å². The molecule has 140 valence electrons. The molecule has 1 amide bonds. The molecule has 0 bridgehead atoms. The van der Waals surface area contributed by atoms with Gasteiger partial charge in [0.2, 0.25) is 5.91 Å². The molecule has 0 spiro atoms. The third-order valence-corrected chi connectivity index (χ3v) is 4.73. The van der Waals surface area contributed by atoms with Gasteiger partial charge in [-0.25, -0.2) is 13.8 Å². The summed E-state index contributed by atoms with van der Waals surface area (Å²) >= 11 is 6.65. The topological polar surface area (TPSA) is 87.1 Å². The van der Waals surface area contributed by atoms with Crippen LogP contribution in [0.15, 0.2) is 32.7 Å². The highest BCUT2D eigenvalue weighted by atomic mass is 35.5. The number of nitrogens with zero attached hydrogens (tertiary/aromatic N) is 2. The number of halogens is 5. The molecule has 6 nitrogen and oxygen atoms in total. The SMILES string of the molecule is Cn1c(C(F)(F)F)cc(=O)n(-c2cc(SCC(N)=O)c(Cl)cc2F)c1=O. The average molecular weight is 412 g/mol. The van der Waals surface area contributed by atoms with Gasteiger partial charge in [0.15, 0.2) is 0 Å². The molecular formula is C14H10ClF4N3O3S. The standard InChI is InChI=1S/C14H10ClF4N3O3S/c1-21-10(14(17,18)19)4-12(24)22(13(21)25)8-3-9(26-5-11(20)23)6(15)2-7(8)16/h2-4H,5H2,1H3,(H2,20,23). The second-order valence-electron chi connectivity index (χ2n) is 5.03. The molecule has 0 aliphatic carbocycles. The number of hydrogen-bond donors (Lipinski definition) is 1. The van der Waals surface area contributed by atoms with Crippen molar-refractivity contribution in [3.8, 4) is 5.69 Å². The largest absolute Gasteiger partial charge is 0.431 e. The van der Waals surface area contributed by atoms with Crippen molar-refractivity contribution in [3.05, 3.63) is 55.6 Å². The van der Waals surface area contributed by atoms with Crippen LogP contribution in [0.2, 0.25) is 5.02 Å². The van der Waals surface area contributed by atoms with E-state index in [-0.39, 0.29) is 30.9 Å². The van der Waals surface area contributed by atoms with Gasteiger partial charge < -0.3 is 5.73 Å². The number of alkyl halides is 3. The van der Waals surface area contributed by atoms with E-state index < -0.39 is 40.5 Å². The van der Waals surface area contributed by atoms with Crippen molar-refractivity contribution in [1.29, 1.82) is 0 Å². The molecule has 1 heterocycles. The molecule has 0 fully saturated rings.